The second-order valence-electron chi connectivity index (χ2n) is 7.63. The fraction of sp³-hybridized carbons (Fsp3) is 0.900. The molecule has 1 heterocycles. The Bertz CT molecular complexity index is 331. The number of nitrogens with zero attached hydrogens (tertiary/aromatic N) is 2. The summed E-state index contributed by atoms with van der Waals surface area (Å²) >= 11 is 0. The first-order valence-corrected chi connectivity index (χ1v) is 9.40. The summed E-state index contributed by atoms with van der Waals surface area (Å²) < 4.78 is 0. The lowest BCUT2D eigenvalue weighted by molar-refractivity contribution is 0.149. The second-order valence-corrected chi connectivity index (χ2v) is 7.63. The number of hydrogen-bond acceptors (Lipinski definition) is 2. The third-order valence-corrected chi connectivity index (χ3v) is 4.63. The third kappa shape index (κ3) is 8.81. The van der Waals surface area contributed by atoms with Crippen molar-refractivity contribution in [2.45, 2.75) is 59.8 Å². The van der Waals surface area contributed by atoms with E-state index >= 15 is 0 Å². The largest absolute Gasteiger partial charge is 0.306 e. The van der Waals surface area contributed by atoms with Gasteiger partial charge < -0.3 is 9.80 Å². The number of piperidine rings is 1. The molecule has 1 unspecified atom stereocenters. The highest BCUT2D eigenvalue weighted by molar-refractivity contribution is 5.01. The molecule has 0 bridgehead atoms. The zero-order chi connectivity index (χ0) is 16.4. The van der Waals surface area contributed by atoms with Gasteiger partial charge in [-0.25, -0.2) is 0 Å². The molecule has 0 saturated carbocycles. The summed E-state index contributed by atoms with van der Waals surface area (Å²) in [5, 5.41) is 0. The molecule has 0 radical (unpaired) electrons. The highest BCUT2D eigenvalue weighted by atomic mass is 15.1. The lowest BCUT2D eigenvalue weighted by atomic mass is 9.95. The predicted molar refractivity (Wildman–Crippen MR) is 98.0 cm³/mol. The Balaban J connectivity index is 2.16. The summed E-state index contributed by atoms with van der Waals surface area (Å²) in [4.78, 5) is 5.17. The zero-order valence-electron chi connectivity index (χ0n) is 15.7. The minimum atomic E-state index is 0.511. The molecule has 0 N–H and O–H groups in total. The number of hydrogen-bond donors (Lipinski definition) is 0. The Kier molecular flexibility index (Phi) is 9.84. The van der Waals surface area contributed by atoms with Crippen LogP contribution in [0, 0.1) is 29.6 Å². The molecule has 1 rings (SSSR count). The third-order valence-electron chi connectivity index (χ3n) is 4.63. The van der Waals surface area contributed by atoms with Crippen LogP contribution >= 0.6 is 0 Å². The topological polar surface area (TPSA) is 6.48 Å². The van der Waals surface area contributed by atoms with Gasteiger partial charge in [-0.1, -0.05) is 34.1 Å². The van der Waals surface area contributed by atoms with Gasteiger partial charge in [0, 0.05) is 32.0 Å². The van der Waals surface area contributed by atoms with Crippen molar-refractivity contribution < 1.29 is 0 Å². The highest BCUT2D eigenvalue weighted by Crippen LogP contribution is 2.19. The van der Waals surface area contributed by atoms with Crippen LogP contribution in [0.15, 0.2) is 0 Å². The number of rotatable bonds is 8. The van der Waals surface area contributed by atoms with Gasteiger partial charge in [-0.05, 0) is 51.2 Å². The zero-order valence-corrected chi connectivity index (χ0v) is 15.7. The van der Waals surface area contributed by atoms with Crippen LogP contribution in [-0.2, 0) is 0 Å². The summed E-state index contributed by atoms with van der Waals surface area (Å²) in [6.07, 6.45) is 6.44. The maximum atomic E-state index is 3.31. The molecule has 2 heteroatoms. The van der Waals surface area contributed by atoms with Crippen molar-refractivity contribution in [3.8, 4) is 11.8 Å². The first-order chi connectivity index (χ1) is 10.5. The molecule has 1 fully saturated rings. The molecule has 0 aromatic carbocycles. The molecular weight excluding hydrogens is 268 g/mol. The van der Waals surface area contributed by atoms with Gasteiger partial charge in [-0.2, -0.15) is 0 Å². The van der Waals surface area contributed by atoms with E-state index in [0.717, 1.165) is 24.8 Å². The first kappa shape index (κ1) is 19.5. The van der Waals surface area contributed by atoms with Crippen LogP contribution < -0.4 is 0 Å². The molecule has 1 saturated heterocycles. The molecule has 128 valence electrons. The van der Waals surface area contributed by atoms with Crippen molar-refractivity contribution >= 4 is 0 Å². The molecule has 1 aliphatic rings. The van der Waals surface area contributed by atoms with Crippen LogP contribution in [0.25, 0.3) is 0 Å². The first-order valence-electron chi connectivity index (χ1n) is 9.40. The summed E-state index contributed by atoms with van der Waals surface area (Å²) in [5.41, 5.74) is 0. The lowest BCUT2D eigenvalue weighted by Crippen LogP contribution is -2.39. The van der Waals surface area contributed by atoms with E-state index in [1.807, 2.05) is 0 Å². The van der Waals surface area contributed by atoms with Crippen molar-refractivity contribution in [1.29, 1.82) is 0 Å². The van der Waals surface area contributed by atoms with Gasteiger partial charge in [0.25, 0.3) is 0 Å². The van der Waals surface area contributed by atoms with Crippen LogP contribution in [0.2, 0.25) is 0 Å². The summed E-state index contributed by atoms with van der Waals surface area (Å²) in [6.45, 7) is 15.3. The van der Waals surface area contributed by atoms with E-state index in [2.05, 4.69) is 56.4 Å². The quantitative estimate of drug-likeness (QED) is 0.623. The second kappa shape index (κ2) is 11.1. The molecule has 0 aromatic heterocycles. The molecule has 22 heavy (non-hydrogen) atoms. The standard InChI is InChI=1S/C20H38N2/c1-6-9-19(4)16-21(5)17-20-11-14-22(15-12-20)13-8-7-10-18(2)3/h18-20H,6,8-9,11-17H2,1-5H3. The van der Waals surface area contributed by atoms with Crippen LogP contribution in [0.4, 0.5) is 0 Å². The molecule has 0 aliphatic carbocycles. The minimum absolute atomic E-state index is 0.511. The van der Waals surface area contributed by atoms with Crippen LogP contribution in [0.5, 0.6) is 0 Å². The van der Waals surface area contributed by atoms with E-state index in [0.29, 0.717) is 5.92 Å². The van der Waals surface area contributed by atoms with Crippen molar-refractivity contribution in [3.05, 3.63) is 0 Å². The van der Waals surface area contributed by atoms with Gasteiger partial charge >= 0.3 is 0 Å². The van der Waals surface area contributed by atoms with E-state index < -0.39 is 0 Å². The van der Waals surface area contributed by atoms with Gasteiger partial charge in [0.05, 0.1) is 0 Å². The minimum Gasteiger partial charge on any atom is -0.306 e. The Hall–Kier alpha value is -0.520. The van der Waals surface area contributed by atoms with Gasteiger partial charge in [-0.3, -0.25) is 0 Å². The van der Waals surface area contributed by atoms with E-state index in [4.69, 9.17) is 0 Å². The van der Waals surface area contributed by atoms with Crippen LogP contribution in [0.1, 0.15) is 59.8 Å². The lowest BCUT2D eigenvalue weighted by Gasteiger charge is -2.34. The highest BCUT2D eigenvalue weighted by Gasteiger charge is 2.20. The molecule has 2 nitrogen and oxygen atoms in total. The fourth-order valence-electron chi connectivity index (χ4n) is 3.51. The summed E-state index contributed by atoms with van der Waals surface area (Å²) in [5.74, 6) is 8.83. The molecule has 0 spiro atoms. The van der Waals surface area contributed by atoms with Gasteiger partial charge in [0.2, 0.25) is 0 Å². The molecule has 0 aromatic rings. The van der Waals surface area contributed by atoms with E-state index in [9.17, 15) is 0 Å². The Morgan fingerprint density at radius 3 is 2.45 bits per heavy atom. The fourth-order valence-corrected chi connectivity index (χ4v) is 3.51. The summed E-state index contributed by atoms with van der Waals surface area (Å²) in [6, 6.07) is 0. The van der Waals surface area contributed by atoms with Crippen molar-refractivity contribution in [3.63, 3.8) is 0 Å². The van der Waals surface area contributed by atoms with Crippen LogP contribution in [-0.4, -0.2) is 49.6 Å². The van der Waals surface area contributed by atoms with Gasteiger partial charge in [-0.15, -0.1) is 11.8 Å². The van der Waals surface area contributed by atoms with Gasteiger partial charge in [0.1, 0.15) is 0 Å². The van der Waals surface area contributed by atoms with Crippen molar-refractivity contribution in [2.24, 2.45) is 17.8 Å². The average Bonchev–Trinajstić information content (AvgIpc) is 2.45. The van der Waals surface area contributed by atoms with E-state index in [1.165, 1.54) is 51.9 Å². The molecule has 1 atom stereocenters. The molecule has 0 amide bonds. The molecule has 1 aliphatic heterocycles. The Labute approximate surface area is 139 Å². The average molecular weight is 307 g/mol. The number of likely N-dealkylation sites (tertiary alicyclic amines) is 1. The monoisotopic (exact) mass is 306 g/mol. The maximum Gasteiger partial charge on any atom is 0.0217 e. The van der Waals surface area contributed by atoms with E-state index in [-0.39, 0.29) is 0 Å². The van der Waals surface area contributed by atoms with Crippen molar-refractivity contribution in [2.75, 3.05) is 39.8 Å². The van der Waals surface area contributed by atoms with Crippen molar-refractivity contribution in [1.82, 2.24) is 9.80 Å². The predicted octanol–water partition coefficient (Wildman–Crippen LogP) is 4.12. The van der Waals surface area contributed by atoms with E-state index in [1.54, 1.807) is 0 Å². The van der Waals surface area contributed by atoms with Crippen LogP contribution in [0.3, 0.4) is 0 Å². The van der Waals surface area contributed by atoms with Gasteiger partial charge in [0.15, 0.2) is 0 Å². The maximum absolute atomic E-state index is 3.31. The Morgan fingerprint density at radius 1 is 1.18 bits per heavy atom. The normalized spacial score (nSPS) is 18.5. The smallest absolute Gasteiger partial charge is 0.0217 e. The Morgan fingerprint density at radius 2 is 1.86 bits per heavy atom. The SMILES string of the molecule is CCCC(C)CN(C)CC1CCN(CCC#CC(C)C)CC1. The molecular formula is C20H38N2. The summed E-state index contributed by atoms with van der Waals surface area (Å²) in [7, 11) is 2.31.